The lowest BCUT2D eigenvalue weighted by Gasteiger charge is -2.20. The highest BCUT2D eigenvalue weighted by Crippen LogP contribution is 2.39. The van der Waals surface area contributed by atoms with Crippen LogP contribution in [0.25, 0.3) is 0 Å². The third-order valence-corrected chi connectivity index (χ3v) is 5.45. The number of nitro groups is 4. The van der Waals surface area contributed by atoms with E-state index in [1.807, 2.05) is 0 Å². The molecule has 180 valence electrons. The van der Waals surface area contributed by atoms with Gasteiger partial charge in [0.05, 0.1) is 19.7 Å². The van der Waals surface area contributed by atoms with Crippen molar-refractivity contribution in [3.8, 4) is 0 Å². The van der Waals surface area contributed by atoms with Crippen molar-refractivity contribution in [2.24, 2.45) is 0 Å². The normalized spacial score (nSPS) is 11.5. The molecule has 2 aromatic carbocycles. The quantitative estimate of drug-likeness (QED) is 0.262. The van der Waals surface area contributed by atoms with Crippen LogP contribution in [0.15, 0.2) is 41.3 Å². The molecule has 0 spiro atoms. The van der Waals surface area contributed by atoms with Crippen LogP contribution in [-0.4, -0.2) is 43.4 Å². The predicted octanol–water partition coefficient (Wildman–Crippen LogP) is 3.42. The van der Waals surface area contributed by atoms with Crippen LogP contribution in [0.1, 0.15) is 13.8 Å². The maximum Gasteiger partial charge on any atom is 0.299 e. The Morgan fingerprint density at radius 3 is 1.62 bits per heavy atom. The Balaban J connectivity index is 2.52. The predicted molar refractivity (Wildman–Crippen MR) is 121 cm³/mol. The number of benzene rings is 2. The lowest BCUT2D eigenvalue weighted by atomic mass is 10.2. The maximum atomic E-state index is 12.8. The summed E-state index contributed by atoms with van der Waals surface area (Å²) in [5.74, 6) is -1.11. The van der Waals surface area contributed by atoms with Crippen molar-refractivity contribution in [3.05, 3.63) is 76.9 Å². The molecule has 0 heterocycles. The molecule has 0 radical (unpaired) electrons. The summed E-state index contributed by atoms with van der Waals surface area (Å²) in [4.78, 5) is 54.7. The molecule has 0 aromatic heterocycles. The monoisotopic (exact) mass is 494 g/mol. The number of anilines is 1. The second-order valence-corrected chi connectivity index (χ2v) is 8.03. The third kappa shape index (κ3) is 6.12. The molecule has 15 nitrogen and oxygen atoms in total. The number of rotatable bonds is 11. The second kappa shape index (κ2) is 11.0. The molecule has 0 aliphatic rings. The highest BCUT2D eigenvalue weighted by molar-refractivity contribution is 7.99. The maximum absolute atomic E-state index is 12.8. The van der Waals surface area contributed by atoms with Gasteiger partial charge in [-0.1, -0.05) is 0 Å². The Bertz CT molecular complexity index is 1090. The van der Waals surface area contributed by atoms with Gasteiger partial charge in [-0.25, -0.2) is 0 Å². The van der Waals surface area contributed by atoms with Gasteiger partial charge >= 0.3 is 0 Å². The van der Waals surface area contributed by atoms with Gasteiger partial charge in [-0.3, -0.25) is 45.3 Å². The number of amides is 1. The molecular formula is C18H18N6O9S. The average Bonchev–Trinajstić information content (AvgIpc) is 2.75. The van der Waals surface area contributed by atoms with E-state index in [2.05, 4.69) is 10.6 Å². The Morgan fingerprint density at radius 1 is 0.824 bits per heavy atom. The van der Waals surface area contributed by atoms with E-state index in [0.717, 1.165) is 36.4 Å². The lowest BCUT2D eigenvalue weighted by Crippen LogP contribution is -2.44. The van der Waals surface area contributed by atoms with Crippen molar-refractivity contribution < 1.29 is 24.5 Å². The first-order valence-electron chi connectivity index (χ1n) is 9.47. The van der Waals surface area contributed by atoms with Gasteiger partial charge in [0, 0.05) is 36.1 Å². The number of hydrogen-bond donors (Lipinski definition) is 2. The molecule has 16 heteroatoms. The van der Waals surface area contributed by atoms with Crippen LogP contribution < -0.4 is 10.6 Å². The fraction of sp³-hybridized carbons (Fsp3) is 0.278. The Labute approximate surface area is 195 Å². The summed E-state index contributed by atoms with van der Waals surface area (Å²) < 4.78 is 0. The van der Waals surface area contributed by atoms with E-state index in [1.54, 1.807) is 13.8 Å². The molecule has 0 saturated carbocycles. The lowest BCUT2D eigenvalue weighted by molar-refractivity contribution is -0.399. The molecule has 1 atom stereocenters. The van der Waals surface area contributed by atoms with Gasteiger partial charge < -0.3 is 10.6 Å². The van der Waals surface area contributed by atoms with Crippen LogP contribution in [0, 0.1) is 40.5 Å². The largest absolute Gasteiger partial charge is 0.362 e. The number of para-hydroxylation sites is 1. The average molecular weight is 494 g/mol. The molecule has 0 bridgehead atoms. The minimum absolute atomic E-state index is 0.335. The van der Waals surface area contributed by atoms with Crippen LogP contribution in [0.4, 0.5) is 28.4 Å². The van der Waals surface area contributed by atoms with Crippen LogP contribution in [0.2, 0.25) is 0 Å². The Hall–Kier alpha value is -4.34. The van der Waals surface area contributed by atoms with Gasteiger partial charge in [0.15, 0.2) is 10.6 Å². The number of carbonyl (C=O) groups excluding carboxylic acids is 1. The van der Waals surface area contributed by atoms with Gasteiger partial charge in [-0.2, -0.15) is 0 Å². The van der Waals surface area contributed by atoms with Crippen LogP contribution in [-0.2, 0) is 4.79 Å². The summed E-state index contributed by atoms with van der Waals surface area (Å²) in [6, 6.07) is 4.60. The van der Waals surface area contributed by atoms with E-state index < -0.39 is 60.1 Å². The van der Waals surface area contributed by atoms with E-state index in [-0.39, 0.29) is 16.7 Å². The molecular weight excluding hydrogens is 476 g/mol. The second-order valence-electron chi connectivity index (χ2n) is 7.00. The molecule has 34 heavy (non-hydrogen) atoms. The van der Waals surface area contributed by atoms with E-state index in [1.165, 1.54) is 0 Å². The van der Waals surface area contributed by atoms with Crippen molar-refractivity contribution in [1.82, 2.24) is 5.32 Å². The minimum atomic E-state index is -1.38. The number of nitrogens with zero attached hydrogens (tertiary/aromatic N) is 4. The molecule has 2 rings (SSSR count). The molecule has 2 aromatic rings. The van der Waals surface area contributed by atoms with Crippen LogP contribution >= 0.6 is 11.8 Å². The van der Waals surface area contributed by atoms with Crippen molar-refractivity contribution in [3.63, 3.8) is 0 Å². The van der Waals surface area contributed by atoms with Crippen LogP contribution in [0.5, 0.6) is 0 Å². The zero-order chi connectivity index (χ0) is 25.6. The first-order valence-corrected chi connectivity index (χ1v) is 10.5. The summed E-state index contributed by atoms with van der Waals surface area (Å²) in [6.45, 7) is 3.25. The summed E-state index contributed by atoms with van der Waals surface area (Å²) >= 11 is 0.595. The molecule has 0 unspecified atom stereocenters. The van der Waals surface area contributed by atoms with Crippen molar-refractivity contribution >= 4 is 46.1 Å². The van der Waals surface area contributed by atoms with Crippen molar-refractivity contribution in [2.45, 2.75) is 30.8 Å². The molecule has 0 aliphatic heterocycles. The minimum Gasteiger partial charge on any atom is -0.362 e. The number of nitro benzene ring substituents is 4. The number of carbonyl (C=O) groups is 1. The molecule has 0 aliphatic carbocycles. The number of thioether (sulfide) groups is 1. The zero-order valence-electron chi connectivity index (χ0n) is 17.7. The molecule has 1 amide bonds. The first-order chi connectivity index (χ1) is 15.9. The van der Waals surface area contributed by atoms with Crippen LogP contribution in [0.3, 0.4) is 0 Å². The Kier molecular flexibility index (Phi) is 8.38. The van der Waals surface area contributed by atoms with Gasteiger partial charge in [0.25, 0.3) is 22.7 Å². The summed E-state index contributed by atoms with van der Waals surface area (Å²) in [5.41, 5.74) is -3.02. The first kappa shape index (κ1) is 25.9. The highest BCUT2D eigenvalue weighted by atomic mass is 32.2. The summed E-state index contributed by atoms with van der Waals surface area (Å²) in [5, 5.41) is 50.7. The summed E-state index contributed by atoms with van der Waals surface area (Å²) in [6.07, 6.45) is 0. The van der Waals surface area contributed by atoms with E-state index >= 15 is 0 Å². The SMILES string of the molecule is CC(C)NC(=O)[C@H](CSc1c([N+](=O)[O-])cccc1[N+](=O)[O-])Nc1c([N+](=O)[O-])cccc1[N+](=O)[O-]. The molecule has 0 fully saturated rings. The van der Waals surface area contributed by atoms with Crippen molar-refractivity contribution in [1.29, 1.82) is 0 Å². The van der Waals surface area contributed by atoms with E-state index in [9.17, 15) is 45.3 Å². The summed E-state index contributed by atoms with van der Waals surface area (Å²) in [7, 11) is 0. The van der Waals surface area contributed by atoms with Crippen molar-refractivity contribution in [2.75, 3.05) is 11.1 Å². The van der Waals surface area contributed by atoms with Gasteiger partial charge in [-0.05, 0) is 26.0 Å². The van der Waals surface area contributed by atoms with Gasteiger partial charge in [0.1, 0.15) is 6.04 Å². The van der Waals surface area contributed by atoms with Gasteiger partial charge in [-0.15, -0.1) is 11.8 Å². The number of nitrogens with one attached hydrogen (secondary N) is 2. The molecule has 0 saturated heterocycles. The van der Waals surface area contributed by atoms with Gasteiger partial charge in [0.2, 0.25) is 5.91 Å². The zero-order valence-corrected chi connectivity index (χ0v) is 18.5. The highest BCUT2D eigenvalue weighted by Gasteiger charge is 2.32. The fourth-order valence-corrected chi connectivity index (χ4v) is 3.99. The van der Waals surface area contributed by atoms with E-state index in [4.69, 9.17) is 0 Å². The Morgan fingerprint density at radius 2 is 1.24 bits per heavy atom. The third-order valence-electron chi connectivity index (χ3n) is 4.24. The standard InChI is InChI=1S/C18H18N6O9S/c1-10(2)19-18(25)11(20-16-12(21(26)27)5-3-6-13(16)22(28)29)9-34-17-14(23(30)31)7-4-8-15(17)24(32)33/h3-8,10-11,20H,9H2,1-2H3,(H,19,25)/t11-/m0/s1. The number of hydrogen-bond acceptors (Lipinski definition) is 11. The van der Waals surface area contributed by atoms with E-state index in [0.29, 0.717) is 11.8 Å². The smallest absolute Gasteiger partial charge is 0.299 e. The fourth-order valence-electron chi connectivity index (χ4n) is 2.84. The molecule has 2 N–H and O–H groups in total. The topological polar surface area (TPSA) is 214 Å².